The number of rotatable bonds is 4. The maximum absolute atomic E-state index is 11.9. The van der Waals surface area contributed by atoms with Gasteiger partial charge in [0.25, 0.3) is 0 Å². The van der Waals surface area contributed by atoms with E-state index in [4.69, 9.17) is 9.72 Å². The van der Waals surface area contributed by atoms with Crippen LogP contribution in [0.15, 0.2) is 65.6 Å². The van der Waals surface area contributed by atoms with Gasteiger partial charge in [-0.3, -0.25) is 13.9 Å². The molecule has 1 fully saturated rings. The zero-order chi connectivity index (χ0) is 22.3. The molecule has 0 saturated carbocycles. The molecule has 3 N–H and O–H groups in total. The highest BCUT2D eigenvalue weighted by molar-refractivity contribution is 8.24. The van der Waals surface area contributed by atoms with Crippen LogP contribution in [0.5, 0.6) is 11.5 Å². The first-order valence-electron chi connectivity index (χ1n) is 10.6. The Labute approximate surface area is 187 Å². The second kappa shape index (κ2) is 8.12. The lowest BCUT2D eigenvalue weighted by molar-refractivity contribution is 0.453. The first kappa shape index (κ1) is 20.8. The number of aromatic amines is 1. The standard InChI is InChI=1S/C24H25N3O4S/c1-27-15-17(7-10-21(27)28)19-8-9-20-22(23(19)31-18-5-3-2-4-6-18)26-24(25-20)16-11-13-32(29,30)14-12-16/h2-10,15-16,29-30H,11-14H2,1H3,(H,25,26). The molecule has 7 nitrogen and oxygen atoms in total. The number of ether oxygens (including phenoxy) is 1. The average Bonchev–Trinajstić information content (AvgIpc) is 3.21. The second-order valence-corrected chi connectivity index (χ2v) is 10.6. The summed E-state index contributed by atoms with van der Waals surface area (Å²) in [4.78, 5) is 20.2. The number of imidazole rings is 1. The van der Waals surface area contributed by atoms with Gasteiger partial charge in [-0.1, -0.05) is 18.2 Å². The van der Waals surface area contributed by atoms with E-state index in [9.17, 15) is 13.9 Å². The van der Waals surface area contributed by atoms with E-state index in [1.54, 1.807) is 29.9 Å². The highest BCUT2D eigenvalue weighted by atomic mass is 32.3. The van der Waals surface area contributed by atoms with Crippen molar-refractivity contribution < 1.29 is 13.8 Å². The number of H-pyrrole nitrogens is 1. The number of hydrogen-bond acceptors (Lipinski definition) is 5. The molecule has 0 amide bonds. The lowest BCUT2D eigenvalue weighted by Gasteiger charge is -2.38. The first-order valence-corrected chi connectivity index (χ1v) is 12.4. The number of aromatic nitrogens is 3. The third-order valence-corrected chi connectivity index (χ3v) is 7.74. The van der Waals surface area contributed by atoms with Gasteiger partial charge in [-0.25, -0.2) is 4.98 Å². The summed E-state index contributed by atoms with van der Waals surface area (Å²) >= 11 is 0. The molecule has 0 radical (unpaired) electrons. The zero-order valence-electron chi connectivity index (χ0n) is 17.7. The van der Waals surface area contributed by atoms with Crippen molar-refractivity contribution in [3.05, 3.63) is 77.0 Å². The van der Waals surface area contributed by atoms with Gasteiger partial charge >= 0.3 is 0 Å². The van der Waals surface area contributed by atoms with Crippen LogP contribution in [0.3, 0.4) is 0 Å². The van der Waals surface area contributed by atoms with Crippen LogP contribution in [0.1, 0.15) is 24.6 Å². The van der Waals surface area contributed by atoms with Crippen molar-refractivity contribution in [3.63, 3.8) is 0 Å². The van der Waals surface area contributed by atoms with E-state index >= 15 is 0 Å². The minimum absolute atomic E-state index is 0.0781. The van der Waals surface area contributed by atoms with Crippen molar-refractivity contribution in [3.8, 4) is 22.6 Å². The lowest BCUT2D eigenvalue weighted by Crippen LogP contribution is -2.20. The molecule has 5 rings (SSSR count). The molecule has 0 spiro atoms. The third-order valence-electron chi connectivity index (χ3n) is 5.96. The van der Waals surface area contributed by atoms with Crippen molar-refractivity contribution in [2.75, 3.05) is 11.5 Å². The van der Waals surface area contributed by atoms with Crippen LogP contribution in [0.25, 0.3) is 22.2 Å². The molecule has 3 heterocycles. The van der Waals surface area contributed by atoms with Crippen LogP contribution in [-0.4, -0.2) is 35.1 Å². The van der Waals surface area contributed by atoms with E-state index in [1.807, 2.05) is 42.5 Å². The van der Waals surface area contributed by atoms with E-state index in [-0.39, 0.29) is 11.5 Å². The molecule has 0 atom stereocenters. The van der Waals surface area contributed by atoms with Gasteiger partial charge in [0, 0.05) is 47.9 Å². The Kier molecular flexibility index (Phi) is 5.28. The summed E-state index contributed by atoms with van der Waals surface area (Å²) in [5, 5.41) is 0. The molecule has 1 aliphatic heterocycles. The Bertz CT molecular complexity index is 1320. The Hall–Kier alpha value is -3.07. The van der Waals surface area contributed by atoms with Gasteiger partial charge in [-0.05, 0) is 43.2 Å². The van der Waals surface area contributed by atoms with Crippen LogP contribution in [0.4, 0.5) is 0 Å². The highest BCUT2D eigenvalue weighted by Gasteiger charge is 2.28. The van der Waals surface area contributed by atoms with Crippen molar-refractivity contribution in [1.29, 1.82) is 0 Å². The van der Waals surface area contributed by atoms with Gasteiger partial charge < -0.3 is 14.3 Å². The lowest BCUT2D eigenvalue weighted by atomic mass is 10.0. The number of benzene rings is 2. The minimum atomic E-state index is -2.45. The van der Waals surface area contributed by atoms with Crippen LogP contribution >= 0.6 is 10.6 Å². The first-order chi connectivity index (χ1) is 15.4. The zero-order valence-corrected chi connectivity index (χ0v) is 18.5. The van der Waals surface area contributed by atoms with Crippen molar-refractivity contribution in [2.24, 2.45) is 7.05 Å². The largest absolute Gasteiger partial charge is 0.454 e. The molecule has 4 aromatic rings. The SMILES string of the molecule is Cn1cc(-c2ccc3[nH]c(C4CCS(O)(O)CC4)nc3c2Oc2ccccc2)ccc1=O. The van der Waals surface area contributed by atoms with Crippen LogP contribution in [0, 0.1) is 0 Å². The summed E-state index contributed by atoms with van der Waals surface area (Å²) in [6.45, 7) is 0. The smallest absolute Gasteiger partial charge is 0.250 e. The van der Waals surface area contributed by atoms with E-state index in [0.717, 1.165) is 22.5 Å². The number of nitrogens with one attached hydrogen (secondary N) is 1. The molecule has 0 aliphatic carbocycles. The summed E-state index contributed by atoms with van der Waals surface area (Å²) in [7, 11) is -0.723. The van der Waals surface area contributed by atoms with Gasteiger partial charge in [0.15, 0.2) is 5.75 Å². The minimum Gasteiger partial charge on any atom is -0.454 e. The Morgan fingerprint density at radius 1 is 1.06 bits per heavy atom. The predicted octanol–water partition coefficient (Wildman–Crippen LogP) is 5.35. The van der Waals surface area contributed by atoms with Crippen LogP contribution in [-0.2, 0) is 7.05 Å². The third kappa shape index (κ3) is 4.04. The van der Waals surface area contributed by atoms with Crippen molar-refractivity contribution in [2.45, 2.75) is 18.8 Å². The second-order valence-electron chi connectivity index (χ2n) is 8.23. The van der Waals surface area contributed by atoms with E-state index in [2.05, 4.69) is 4.98 Å². The van der Waals surface area contributed by atoms with Gasteiger partial charge in [-0.15, -0.1) is 0 Å². The molecule has 0 unspecified atom stereocenters. The number of fused-ring (bicyclic) bond motifs is 1. The maximum atomic E-state index is 11.9. The monoisotopic (exact) mass is 451 g/mol. The summed E-state index contributed by atoms with van der Waals surface area (Å²) in [6, 6.07) is 16.8. The average molecular weight is 452 g/mol. The molecular formula is C24H25N3O4S. The highest BCUT2D eigenvalue weighted by Crippen LogP contribution is 2.48. The topological polar surface area (TPSA) is 100 Å². The number of aryl methyl sites for hydroxylation is 1. The van der Waals surface area contributed by atoms with Gasteiger partial charge in [0.1, 0.15) is 17.1 Å². The van der Waals surface area contributed by atoms with Crippen molar-refractivity contribution >= 4 is 21.6 Å². The Balaban J connectivity index is 1.62. The predicted molar refractivity (Wildman–Crippen MR) is 128 cm³/mol. The van der Waals surface area contributed by atoms with Crippen LogP contribution in [0.2, 0.25) is 0 Å². The number of pyridine rings is 1. The number of nitrogens with zero attached hydrogens (tertiary/aromatic N) is 2. The number of hydrogen-bond donors (Lipinski definition) is 3. The fourth-order valence-electron chi connectivity index (χ4n) is 4.13. The molecule has 166 valence electrons. The fourth-order valence-corrected chi connectivity index (χ4v) is 5.66. The molecule has 1 aliphatic rings. The summed E-state index contributed by atoms with van der Waals surface area (Å²) in [6.07, 6.45) is 3.16. The molecule has 8 heteroatoms. The molecule has 1 saturated heterocycles. The Morgan fingerprint density at radius 2 is 1.81 bits per heavy atom. The summed E-state index contributed by atoms with van der Waals surface area (Å²) < 4.78 is 27.8. The quantitative estimate of drug-likeness (QED) is 0.388. The van der Waals surface area contributed by atoms with E-state index in [1.165, 1.54) is 0 Å². The summed E-state index contributed by atoms with van der Waals surface area (Å²) in [5.74, 6) is 3.12. The maximum Gasteiger partial charge on any atom is 0.250 e. The van der Waals surface area contributed by atoms with Crippen LogP contribution < -0.4 is 10.3 Å². The molecule has 2 aromatic carbocycles. The van der Waals surface area contributed by atoms with E-state index in [0.29, 0.717) is 41.4 Å². The normalized spacial score (nSPS) is 17.3. The fraction of sp³-hybridized carbons (Fsp3) is 0.250. The summed E-state index contributed by atoms with van der Waals surface area (Å²) in [5.41, 5.74) is 3.19. The van der Waals surface area contributed by atoms with Gasteiger partial charge in [-0.2, -0.15) is 10.6 Å². The van der Waals surface area contributed by atoms with Gasteiger partial charge in [0.2, 0.25) is 5.56 Å². The molecular weight excluding hydrogens is 426 g/mol. The molecule has 32 heavy (non-hydrogen) atoms. The Morgan fingerprint density at radius 3 is 2.53 bits per heavy atom. The van der Waals surface area contributed by atoms with Gasteiger partial charge in [0.05, 0.1) is 5.52 Å². The molecule has 2 aromatic heterocycles. The van der Waals surface area contributed by atoms with E-state index < -0.39 is 10.6 Å². The van der Waals surface area contributed by atoms with Crippen molar-refractivity contribution in [1.82, 2.24) is 14.5 Å². The number of para-hydroxylation sites is 1. The molecule has 0 bridgehead atoms.